The van der Waals surface area contributed by atoms with E-state index in [0.29, 0.717) is 46.6 Å². The van der Waals surface area contributed by atoms with Crippen molar-refractivity contribution in [2.75, 3.05) is 0 Å². The van der Waals surface area contributed by atoms with Crippen LogP contribution in [0.2, 0.25) is 0 Å². The zero-order valence-electron chi connectivity index (χ0n) is 46.0. The summed E-state index contributed by atoms with van der Waals surface area (Å²) in [6, 6.07) is 0. The zero-order valence-corrected chi connectivity index (χ0v) is 45.0. The molecule has 0 amide bonds. The Balaban J connectivity index is 0.000000363. The summed E-state index contributed by atoms with van der Waals surface area (Å²) in [4.78, 5) is 121. The van der Waals surface area contributed by atoms with Crippen molar-refractivity contribution in [3.8, 4) is 11.5 Å². The first-order chi connectivity index (χ1) is 31.5. The lowest BCUT2D eigenvalue weighted by Gasteiger charge is -2.39. The average molecular weight is 972 g/mol. The molecular formula is C56H75O14+. The highest BCUT2D eigenvalue weighted by Gasteiger charge is 2.47. The summed E-state index contributed by atoms with van der Waals surface area (Å²) >= 11 is 0. The van der Waals surface area contributed by atoms with Crippen molar-refractivity contribution in [2.24, 2.45) is 21.7 Å². The summed E-state index contributed by atoms with van der Waals surface area (Å²) in [5.41, 5.74) is 2.16. The van der Waals surface area contributed by atoms with Gasteiger partial charge in [0.15, 0.2) is 23.1 Å². The third-order valence-electron chi connectivity index (χ3n) is 13.9. The van der Waals surface area contributed by atoms with E-state index in [-0.39, 0.29) is 107 Å². The fraction of sp³-hybridized carbons (Fsp3) is 0.571. The summed E-state index contributed by atoms with van der Waals surface area (Å²) in [5, 5.41) is 18.1. The molecule has 0 unspecified atom stereocenters. The summed E-state index contributed by atoms with van der Waals surface area (Å²) in [5.74, 6) is -2.40. The van der Waals surface area contributed by atoms with Crippen LogP contribution in [0.4, 0.5) is 0 Å². The SMILES string of the molecule is CC(=O)CC(C)(C)C1=C(C)C(=O)C(C(C)(C)CC(C)=O)=C(C)C1=O.CC1=C(C(C)(C)CC(=O)O)C(=O)C(C)=C(C(C)(C)CC(=O)O)C1=O.Cc1c2c(c(C)c3c1C(C)(C)CC(=O)O3)C(C)(C)CC(=O)O2.[H+]. The van der Waals surface area contributed by atoms with Crippen molar-refractivity contribution >= 4 is 58.6 Å². The van der Waals surface area contributed by atoms with Crippen molar-refractivity contribution < 1.29 is 69.1 Å². The minimum Gasteiger partial charge on any atom is -0.481 e. The largest absolute Gasteiger partial charge is 1.00 e. The molecule has 382 valence electrons. The van der Waals surface area contributed by atoms with Gasteiger partial charge in [-0.3, -0.25) is 47.9 Å². The van der Waals surface area contributed by atoms with E-state index in [2.05, 4.69) is 0 Å². The summed E-state index contributed by atoms with van der Waals surface area (Å²) in [6.45, 7) is 35.0. The number of rotatable bonds is 12. The van der Waals surface area contributed by atoms with E-state index in [4.69, 9.17) is 19.7 Å². The number of esters is 2. The summed E-state index contributed by atoms with van der Waals surface area (Å²) in [6.07, 6.45) is 0.517. The molecule has 14 nitrogen and oxygen atoms in total. The Kier molecular flexibility index (Phi) is 16.7. The number of ether oxygens (including phenoxy) is 2. The highest BCUT2D eigenvalue weighted by atomic mass is 16.5. The van der Waals surface area contributed by atoms with Gasteiger partial charge in [0, 0.05) is 101 Å². The van der Waals surface area contributed by atoms with Gasteiger partial charge in [0.25, 0.3) is 0 Å². The predicted octanol–water partition coefficient (Wildman–Crippen LogP) is 10.1. The van der Waals surface area contributed by atoms with Crippen molar-refractivity contribution in [2.45, 2.75) is 188 Å². The van der Waals surface area contributed by atoms with Gasteiger partial charge in [-0.15, -0.1) is 0 Å². The van der Waals surface area contributed by atoms with Gasteiger partial charge in [-0.05, 0) is 66.5 Å². The first kappa shape index (κ1) is 58.4. The normalized spacial score (nSPS) is 18.3. The van der Waals surface area contributed by atoms with Gasteiger partial charge in [-0.2, -0.15) is 0 Å². The number of carbonyl (C=O) groups is 10. The van der Waals surface area contributed by atoms with E-state index in [0.717, 1.165) is 22.3 Å². The quantitative estimate of drug-likeness (QED) is 0.113. The summed E-state index contributed by atoms with van der Waals surface area (Å²) in [7, 11) is 0. The van der Waals surface area contributed by atoms with Crippen LogP contribution < -0.4 is 9.47 Å². The highest BCUT2D eigenvalue weighted by molar-refractivity contribution is 6.27. The molecule has 2 aliphatic heterocycles. The molecule has 4 aliphatic rings. The number of hydrogen-bond donors (Lipinski definition) is 2. The monoisotopic (exact) mass is 972 g/mol. The lowest BCUT2D eigenvalue weighted by Crippen LogP contribution is -2.36. The van der Waals surface area contributed by atoms with Gasteiger partial charge < -0.3 is 19.7 Å². The van der Waals surface area contributed by atoms with Gasteiger partial charge in [-0.25, -0.2) is 0 Å². The number of ketones is 6. The van der Waals surface area contributed by atoms with E-state index in [1.807, 2.05) is 69.2 Å². The predicted molar refractivity (Wildman–Crippen MR) is 265 cm³/mol. The van der Waals surface area contributed by atoms with Crippen LogP contribution in [0.5, 0.6) is 11.5 Å². The topological polar surface area (TPSA) is 230 Å². The van der Waals surface area contributed by atoms with E-state index in [1.54, 1.807) is 41.5 Å². The number of Topliss-reactive ketones (excluding diaryl/α,β-unsaturated/α-hetero) is 6. The molecule has 2 N–H and O–H groups in total. The standard InChI is InChI=1S/C20H28O4.C18H24O6.C18H22O4/c1-11(21)9-19(5,6)15-13(3)18(24)16(14(4)17(15)23)20(7,8)10-12(2)22;1-9-13(17(3,4)7-11(19)20)16(24)10(2)14(15(9)23)18(5,6)8-12(21)22;1-9-13-16(22-12(20)7-17(13,3)4)10(2)14-15(9)21-11(19)8-18(14,5)6/h9-10H2,1-8H3;7-8H2,1-6H3,(H,19,20)(H,21,22);7-8H2,1-6H3/p+1. The lowest BCUT2D eigenvalue weighted by atomic mass is 9.65. The molecule has 5 rings (SSSR count). The first-order valence-corrected chi connectivity index (χ1v) is 23.5. The Morgan fingerprint density at radius 2 is 0.671 bits per heavy atom. The smallest absolute Gasteiger partial charge is 0.481 e. The lowest BCUT2D eigenvalue weighted by molar-refractivity contribution is -0.140. The summed E-state index contributed by atoms with van der Waals surface area (Å²) < 4.78 is 11.2. The van der Waals surface area contributed by atoms with Crippen LogP contribution in [0, 0.1) is 35.5 Å². The molecule has 0 radical (unpaired) electrons. The van der Waals surface area contributed by atoms with Crippen LogP contribution in [0.15, 0.2) is 44.6 Å². The highest BCUT2D eigenvalue weighted by Crippen LogP contribution is 2.53. The van der Waals surface area contributed by atoms with E-state index in [1.165, 1.54) is 27.7 Å². The van der Waals surface area contributed by atoms with Gasteiger partial charge in [-0.1, -0.05) is 83.1 Å². The van der Waals surface area contributed by atoms with Crippen LogP contribution >= 0.6 is 0 Å². The number of aliphatic carboxylic acids is 2. The van der Waals surface area contributed by atoms with Gasteiger partial charge in [0.05, 0.1) is 25.7 Å². The van der Waals surface area contributed by atoms with Crippen LogP contribution in [-0.4, -0.2) is 68.8 Å². The molecule has 0 spiro atoms. The number of fused-ring (bicyclic) bond motifs is 2. The molecule has 0 atom stereocenters. The molecule has 0 saturated heterocycles. The average Bonchev–Trinajstić information content (AvgIpc) is 3.12. The van der Waals surface area contributed by atoms with Crippen molar-refractivity contribution in [1.82, 2.24) is 0 Å². The Hall–Kier alpha value is -5.92. The number of hydrogen-bond acceptors (Lipinski definition) is 12. The first-order valence-electron chi connectivity index (χ1n) is 23.5. The maximum Gasteiger partial charge on any atom is 1.00 e. The van der Waals surface area contributed by atoms with Gasteiger partial charge >= 0.3 is 25.3 Å². The molecule has 1 aromatic carbocycles. The van der Waals surface area contributed by atoms with E-state index in [9.17, 15) is 47.9 Å². The number of benzene rings is 1. The molecule has 1 aromatic rings. The number of carboxylic acid groups (broad SMARTS) is 2. The molecule has 0 saturated carbocycles. The number of allylic oxidation sites excluding steroid dienone is 8. The molecular weight excluding hydrogens is 897 g/mol. The van der Waals surface area contributed by atoms with E-state index < -0.39 is 33.6 Å². The molecule has 0 fully saturated rings. The second kappa shape index (κ2) is 20.1. The Bertz CT molecular complexity index is 2370. The Morgan fingerprint density at radius 1 is 0.457 bits per heavy atom. The Labute approximate surface area is 414 Å². The third kappa shape index (κ3) is 11.8. The zero-order chi connectivity index (χ0) is 54.5. The molecule has 0 aromatic heterocycles. The van der Waals surface area contributed by atoms with Crippen LogP contribution in [0.3, 0.4) is 0 Å². The molecule has 70 heavy (non-hydrogen) atoms. The van der Waals surface area contributed by atoms with E-state index >= 15 is 0 Å². The fourth-order valence-electron chi connectivity index (χ4n) is 11.5. The van der Waals surface area contributed by atoms with Crippen LogP contribution in [0.1, 0.15) is 187 Å². The third-order valence-corrected chi connectivity index (χ3v) is 13.9. The molecule has 2 heterocycles. The maximum absolute atomic E-state index is 13.0. The van der Waals surface area contributed by atoms with Crippen LogP contribution in [-0.2, 0) is 58.8 Å². The minimum absolute atomic E-state index is 0. The molecule has 0 bridgehead atoms. The van der Waals surface area contributed by atoms with Crippen LogP contribution in [0.25, 0.3) is 0 Å². The second-order valence-electron chi connectivity index (χ2n) is 23.5. The Morgan fingerprint density at radius 3 is 0.871 bits per heavy atom. The van der Waals surface area contributed by atoms with Crippen molar-refractivity contribution in [3.63, 3.8) is 0 Å². The fourth-order valence-corrected chi connectivity index (χ4v) is 11.5. The second-order valence-corrected chi connectivity index (χ2v) is 23.5. The van der Waals surface area contributed by atoms with Gasteiger partial charge in [0.1, 0.15) is 23.1 Å². The maximum atomic E-state index is 13.0. The molecule has 14 heteroatoms. The number of carbonyl (C=O) groups excluding carboxylic acids is 8. The minimum atomic E-state index is -1.06. The number of carboxylic acids is 2. The molecule has 2 aliphatic carbocycles. The van der Waals surface area contributed by atoms with Crippen molar-refractivity contribution in [3.05, 3.63) is 66.8 Å². The van der Waals surface area contributed by atoms with Crippen molar-refractivity contribution in [1.29, 1.82) is 0 Å². The van der Waals surface area contributed by atoms with Gasteiger partial charge in [0.2, 0.25) is 0 Å².